The second kappa shape index (κ2) is 14.5. The predicted molar refractivity (Wildman–Crippen MR) is 140 cm³/mol. The maximum absolute atomic E-state index is 11.8. The van der Waals surface area contributed by atoms with E-state index in [-0.39, 0.29) is 38.4 Å². The van der Waals surface area contributed by atoms with Crippen molar-refractivity contribution in [2.24, 2.45) is 11.3 Å². The minimum absolute atomic E-state index is 0. The summed E-state index contributed by atoms with van der Waals surface area (Å²) >= 11 is 0. The van der Waals surface area contributed by atoms with Crippen LogP contribution in [0.3, 0.4) is 0 Å². The summed E-state index contributed by atoms with van der Waals surface area (Å²) in [5.74, 6) is -1.60. The van der Waals surface area contributed by atoms with Crippen LogP contribution in [0.25, 0.3) is 5.53 Å². The molecule has 206 valence electrons. The molecule has 11 nitrogen and oxygen atoms in total. The highest BCUT2D eigenvalue weighted by molar-refractivity contribution is 6.61. The minimum Gasteiger partial charge on any atom is -0.460 e. The molecular weight excluding hydrogens is 492 g/mol. The number of nitrogens with one attached hydrogen (secondary N) is 1. The fourth-order valence-corrected chi connectivity index (χ4v) is 4.08. The lowest BCUT2D eigenvalue weighted by Gasteiger charge is -2.18. The van der Waals surface area contributed by atoms with Crippen LogP contribution in [-0.2, 0) is 23.9 Å². The molecule has 0 bridgehead atoms. The van der Waals surface area contributed by atoms with Gasteiger partial charge in [-0.3, -0.25) is 28.9 Å². The average Bonchev–Trinajstić information content (AvgIpc) is 3.57. The van der Waals surface area contributed by atoms with E-state index in [1.165, 1.54) is 11.8 Å². The minimum atomic E-state index is -0.935. The Kier molecular flexibility index (Phi) is 12.9. The molecular formula is C27H36N4O7. The highest BCUT2D eigenvalue weighted by Gasteiger charge is 2.64. The summed E-state index contributed by atoms with van der Waals surface area (Å²) in [4.78, 5) is 70.5. The van der Waals surface area contributed by atoms with Crippen LogP contribution >= 0.6 is 0 Å². The molecule has 0 radical (unpaired) electrons. The van der Waals surface area contributed by atoms with Crippen LogP contribution in [0.5, 0.6) is 0 Å². The van der Waals surface area contributed by atoms with E-state index in [9.17, 15) is 28.8 Å². The van der Waals surface area contributed by atoms with E-state index in [0.717, 1.165) is 33.4 Å². The number of benzene rings is 1. The molecule has 0 spiro atoms. The normalized spacial score (nSPS) is 19.5. The Morgan fingerprint density at radius 2 is 1.71 bits per heavy atom. The van der Waals surface area contributed by atoms with E-state index in [2.05, 4.69) is 21.4 Å². The van der Waals surface area contributed by atoms with Crippen LogP contribution in [0.4, 0.5) is 0 Å². The molecule has 38 heavy (non-hydrogen) atoms. The third-order valence-corrected chi connectivity index (χ3v) is 6.16. The SMILES string of the molecule is C.C.C=CCCN1C(=O)c2ccccc2C1=O.CC(=O)C12CC1CCNC2=O.COC(=O)C(=[N+]=[N-])C(C)=O. The van der Waals surface area contributed by atoms with Crippen molar-refractivity contribution >= 4 is 41.0 Å². The quantitative estimate of drug-likeness (QED) is 0.113. The van der Waals surface area contributed by atoms with Gasteiger partial charge in [-0.2, -0.15) is 4.79 Å². The Bertz CT molecular complexity index is 1130. The van der Waals surface area contributed by atoms with E-state index in [1.807, 2.05) is 0 Å². The Hall–Kier alpha value is -4.24. The molecule has 2 aliphatic heterocycles. The van der Waals surface area contributed by atoms with Crippen molar-refractivity contribution in [3.8, 4) is 0 Å². The first kappa shape index (κ1) is 33.8. The number of ether oxygens (including phenoxy) is 1. The third-order valence-electron chi connectivity index (χ3n) is 6.16. The Balaban J connectivity index is 0.000000541. The standard InChI is InChI=1S/C12H11NO2.C8H11NO2.C5H6N2O3.2CH4/c1-2-3-8-13-11(14)9-6-4-5-7-10(9)12(13)15;1-5(10)8-4-6(8)2-3-9-7(8)11;1-3(8)4(7-6)5(9)10-2;;/h2,4-7H,1,3,8H2;6H,2-4H2,1H3,(H,9,11);1-2H3;2*1H4. The molecule has 3 amide bonds. The Labute approximate surface area is 222 Å². The lowest BCUT2D eigenvalue weighted by molar-refractivity contribution is -0.139. The number of Topliss-reactive ketones (excluding diaryl/α,β-unsaturated/α-hetero) is 2. The number of carbonyl (C=O) groups excluding carboxylic acids is 6. The first-order valence-corrected chi connectivity index (χ1v) is 11.2. The molecule has 2 unspecified atom stereocenters. The number of esters is 1. The molecule has 2 fully saturated rings. The zero-order valence-electron chi connectivity index (χ0n) is 20.4. The number of nitrogens with zero attached hydrogens (tertiary/aromatic N) is 3. The van der Waals surface area contributed by atoms with Gasteiger partial charge in [0.2, 0.25) is 11.7 Å². The lowest BCUT2D eigenvalue weighted by Crippen LogP contribution is -2.41. The van der Waals surface area contributed by atoms with Gasteiger partial charge in [-0.05, 0) is 44.2 Å². The second-order valence-electron chi connectivity index (χ2n) is 8.35. The highest BCUT2D eigenvalue weighted by atomic mass is 16.5. The van der Waals surface area contributed by atoms with Crippen molar-refractivity contribution in [3.63, 3.8) is 0 Å². The molecule has 1 saturated heterocycles. The first-order chi connectivity index (χ1) is 17.1. The van der Waals surface area contributed by atoms with Gasteiger partial charge in [0.05, 0.1) is 18.2 Å². The lowest BCUT2D eigenvalue weighted by atomic mass is 9.94. The maximum Gasteiger partial charge on any atom is 0.441 e. The molecule has 1 aromatic carbocycles. The van der Waals surface area contributed by atoms with Gasteiger partial charge < -0.3 is 15.6 Å². The zero-order valence-corrected chi connectivity index (χ0v) is 20.4. The summed E-state index contributed by atoms with van der Waals surface area (Å²) in [5.41, 5.74) is 7.90. The van der Waals surface area contributed by atoms with Crippen LogP contribution in [0, 0.1) is 11.3 Å². The summed E-state index contributed by atoms with van der Waals surface area (Å²) in [6.07, 6.45) is 4.09. The van der Waals surface area contributed by atoms with Gasteiger partial charge in [0.1, 0.15) is 11.2 Å². The van der Waals surface area contributed by atoms with Crippen LogP contribution in [0.15, 0.2) is 36.9 Å². The number of ketones is 2. The molecule has 2 atom stereocenters. The predicted octanol–water partition coefficient (Wildman–Crippen LogP) is 2.65. The van der Waals surface area contributed by atoms with E-state index < -0.39 is 22.9 Å². The number of rotatable bonds is 6. The van der Waals surface area contributed by atoms with Gasteiger partial charge in [0, 0.05) is 20.0 Å². The number of hydrogen-bond acceptors (Lipinski definition) is 7. The van der Waals surface area contributed by atoms with Gasteiger partial charge >= 0.3 is 11.7 Å². The highest BCUT2D eigenvalue weighted by Crippen LogP contribution is 2.56. The summed E-state index contributed by atoms with van der Waals surface area (Å²) in [7, 11) is 1.09. The van der Waals surface area contributed by atoms with Gasteiger partial charge in [0.15, 0.2) is 0 Å². The topological polar surface area (TPSA) is 163 Å². The van der Waals surface area contributed by atoms with Gasteiger partial charge in [0.25, 0.3) is 11.8 Å². The fraction of sp³-hybridized carbons (Fsp3) is 0.444. The van der Waals surface area contributed by atoms with Crippen LogP contribution in [0.2, 0.25) is 0 Å². The van der Waals surface area contributed by atoms with Crippen LogP contribution < -0.4 is 5.32 Å². The van der Waals surface area contributed by atoms with Crippen molar-refractivity contribution in [1.29, 1.82) is 0 Å². The molecule has 1 saturated carbocycles. The Morgan fingerprint density at radius 3 is 2.05 bits per heavy atom. The number of methoxy groups -OCH3 is 1. The number of piperidine rings is 1. The second-order valence-corrected chi connectivity index (χ2v) is 8.35. The van der Waals surface area contributed by atoms with Crippen molar-refractivity contribution < 1.29 is 38.3 Å². The number of imide groups is 1. The summed E-state index contributed by atoms with van der Waals surface area (Å²) in [6, 6.07) is 6.90. The molecule has 11 heteroatoms. The molecule has 4 rings (SSSR count). The van der Waals surface area contributed by atoms with Gasteiger partial charge in [-0.1, -0.05) is 33.1 Å². The summed E-state index contributed by atoms with van der Waals surface area (Å²) in [5, 5.41) is 2.74. The van der Waals surface area contributed by atoms with Crippen molar-refractivity contribution in [1.82, 2.24) is 10.2 Å². The van der Waals surface area contributed by atoms with E-state index in [4.69, 9.17) is 5.53 Å². The zero-order chi connectivity index (χ0) is 27.0. The van der Waals surface area contributed by atoms with Crippen molar-refractivity contribution in [2.75, 3.05) is 20.2 Å². The third kappa shape index (κ3) is 6.95. The number of amides is 3. The monoisotopic (exact) mass is 528 g/mol. The van der Waals surface area contributed by atoms with E-state index in [0.29, 0.717) is 30.0 Å². The van der Waals surface area contributed by atoms with Gasteiger partial charge in [-0.25, -0.2) is 4.79 Å². The average molecular weight is 529 g/mol. The van der Waals surface area contributed by atoms with Crippen LogP contribution in [0.1, 0.15) is 68.7 Å². The van der Waals surface area contributed by atoms with Gasteiger partial charge in [-0.15, -0.1) is 6.58 Å². The van der Waals surface area contributed by atoms with Crippen molar-refractivity contribution in [2.45, 2.75) is 48.0 Å². The molecule has 1 N–H and O–H groups in total. The maximum atomic E-state index is 11.8. The number of hydrogen-bond donors (Lipinski definition) is 1. The van der Waals surface area contributed by atoms with Crippen molar-refractivity contribution in [3.05, 3.63) is 53.6 Å². The van der Waals surface area contributed by atoms with E-state index in [1.54, 1.807) is 30.3 Å². The molecule has 0 aromatic heterocycles. The Morgan fingerprint density at radius 1 is 1.16 bits per heavy atom. The molecule has 2 heterocycles. The number of carbonyl (C=O) groups is 6. The largest absolute Gasteiger partial charge is 0.460 e. The fourth-order valence-electron chi connectivity index (χ4n) is 4.08. The summed E-state index contributed by atoms with van der Waals surface area (Å²) in [6.45, 7) is 7.35. The summed E-state index contributed by atoms with van der Waals surface area (Å²) < 4.78 is 4.11. The van der Waals surface area contributed by atoms with Crippen LogP contribution in [-0.4, -0.2) is 70.9 Å². The molecule has 3 aliphatic rings. The smallest absolute Gasteiger partial charge is 0.441 e. The first-order valence-electron chi connectivity index (χ1n) is 11.2. The van der Waals surface area contributed by atoms with E-state index >= 15 is 0 Å². The molecule has 1 aliphatic carbocycles. The number of fused-ring (bicyclic) bond motifs is 2. The molecule has 1 aromatic rings.